The summed E-state index contributed by atoms with van der Waals surface area (Å²) in [5.74, 6) is 0.202. The predicted octanol–water partition coefficient (Wildman–Crippen LogP) is 4.19. The van der Waals surface area contributed by atoms with Crippen LogP contribution < -0.4 is 4.74 Å². The molecule has 3 aromatic rings. The Bertz CT molecular complexity index is 774. The molecule has 1 aromatic heterocycles. The third-order valence-corrected chi connectivity index (χ3v) is 3.29. The van der Waals surface area contributed by atoms with Gasteiger partial charge in [0, 0.05) is 11.5 Å². The Kier molecular flexibility index (Phi) is 4.10. The second kappa shape index (κ2) is 6.35. The second-order valence-electron chi connectivity index (χ2n) is 4.80. The lowest BCUT2D eigenvalue weighted by Gasteiger charge is -2.09. The monoisotopic (exact) mass is 296 g/mol. The molecular weight excluding hydrogens is 280 g/mol. The van der Waals surface area contributed by atoms with Gasteiger partial charge in [-0.05, 0) is 24.6 Å². The number of hydrogen-bond donors (Lipinski definition) is 0. The number of fused-ring (bicyclic) bond motifs is 1. The van der Waals surface area contributed by atoms with Crippen LogP contribution in [0.3, 0.4) is 0 Å². The topological polar surface area (TPSA) is 48.7 Å². The Hall–Kier alpha value is -2.75. The van der Waals surface area contributed by atoms with Gasteiger partial charge in [-0.1, -0.05) is 30.3 Å². The van der Waals surface area contributed by atoms with E-state index >= 15 is 0 Å². The van der Waals surface area contributed by atoms with Gasteiger partial charge in [-0.2, -0.15) is 0 Å². The van der Waals surface area contributed by atoms with Gasteiger partial charge in [0.15, 0.2) is 0 Å². The molecule has 2 aromatic carbocycles. The summed E-state index contributed by atoms with van der Waals surface area (Å²) in [7, 11) is 0. The maximum Gasteiger partial charge on any atom is 0.339 e. The van der Waals surface area contributed by atoms with Crippen LogP contribution in [0.2, 0.25) is 0 Å². The van der Waals surface area contributed by atoms with Crippen molar-refractivity contribution in [1.29, 1.82) is 0 Å². The van der Waals surface area contributed by atoms with Crippen LogP contribution in [0.4, 0.5) is 0 Å². The summed E-state index contributed by atoms with van der Waals surface area (Å²) >= 11 is 0. The molecule has 0 aliphatic rings. The minimum absolute atomic E-state index is 0.327. The van der Waals surface area contributed by atoms with Crippen LogP contribution in [0.25, 0.3) is 11.0 Å². The molecule has 0 fully saturated rings. The number of ether oxygens (including phenoxy) is 2. The zero-order chi connectivity index (χ0) is 15.4. The van der Waals surface area contributed by atoms with Gasteiger partial charge in [0.25, 0.3) is 0 Å². The Labute approximate surface area is 128 Å². The minimum atomic E-state index is -0.376. The second-order valence-corrected chi connectivity index (χ2v) is 4.80. The van der Waals surface area contributed by atoms with Crippen molar-refractivity contribution in [1.82, 2.24) is 0 Å². The van der Waals surface area contributed by atoms with E-state index in [1.54, 1.807) is 31.4 Å². The van der Waals surface area contributed by atoms with Crippen molar-refractivity contribution < 1.29 is 18.7 Å². The SMILES string of the molecule is CCOC(=O)c1cc(OCc2ccccc2)cc2occc12. The molecule has 0 bridgehead atoms. The maximum atomic E-state index is 12.1. The average Bonchev–Trinajstić information content (AvgIpc) is 3.01. The molecule has 22 heavy (non-hydrogen) atoms. The summed E-state index contributed by atoms with van der Waals surface area (Å²) in [5, 5.41) is 0.727. The van der Waals surface area contributed by atoms with Crippen molar-refractivity contribution in [2.45, 2.75) is 13.5 Å². The number of benzene rings is 2. The molecule has 112 valence electrons. The van der Waals surface area contributed by atoms with E-state index in [-0.39, 0.29) is 5.97 Å². The highest BCUT2D eigenvalue weighted by molar-refractivity contribution is 6.03. The third-order valence-electron chi connectivity index (χ3n) is 3.29. The fourth-order valence-electron chi connectivity index (χ4n) is 2.25. The summed E-state index contributed by atoms with van der Waals surface area (Å²) in [5.41, 5.74) is 2.12. The van der Waals surface area contributed by atoms with Gasteiger partial charge in [-0.25, -0.2) is 4.79 Å². The molecule has 4 heteroatoms. The molecule has 0 atom stereocenters. The Morgan fingerprint density at radius 2 is 1.95 bits per heavy atom. The van der Waals surface area contributed by atoms with Crippen molar-refractivity contribution in [3.63, 3.8) is 0 Å². The molecule has 0 spiro atoms. The van der Waals surface area contributed by atoms with Gasteiger partial charge in [0.05, 0.1) is 18.4 Å². The first-order valence-corrected chi connectivity index (χ1v) is 7.13. The summed E-state index contributed by atoms with van der Waals surface area (Å²) in [6.07, 6.45) is 1.55. The van der Waals surface area contributed by atoms with Gasteiger partial charge in [0.1, 0.15) is 17.9 Å². The normalized spacial score (nSPS) is 10.6. The molecule has 0 amide bonds. The average molecular weight is 296 g/mol. The standard InChI is InChI=1S/C18H16O4/c1-2-20-18(19)16-10-14(11-17-15(16)8-9-21-17)22-12-13-6-4-3-5-7-13/h3-11H,2,12H2,1H3. The minimum Gasteiger partial charge on any atom is -0.489 e. The Morgan fingerprint density at radius 3 is 2.73 bits per heavy atom. The lowest BCUT2D eigenvalue weighted by molar-refractivity contribution is 0.0528. The molecule has 0 aliphatic carbocycles. The Morgan fingerprint density at radius 1 is 1.14 bits per heavy atom. The van der Waals surface area contributed by atoms with Crippen LogP contribution in [0.15, 0.2) is 59.2 Å². The Balaban J connectivity index is 1.88. The van der Waals surface area contributed by atoms with E-state index in [1.165, 1.54) is 0 Å². The van der Waals surface area contributed by atoms with E-state index in [4.69, 9.17) is 13.9 Å². The van der Waals surface area contributed by atoms with Crippen molar-refractivity contribution in [2.24, 2.45) is 0 Å². The summed E-state index contributed by atoms with van der Waals surface area (Å²) in [6.45, 7) is 2.53. The quantitative estimate of drug-likeness (QED) is 0.662. The van der Waals surface area contributed by atoms with Crippen LogP contribution in [-0.2, 0) is 11.3 Å². The number of esters is 1. The molecular formula is C18H16O4. The first kappa shape index (κ1) is 14.2. The highest BCUT2D eigenvalue weighted by Gasteiger charge is 2.15. The van der Waals surface area contributed by atoms with E-state index in [9.17, 15) is 4.79 Å². The molecule has 0 aliphatic heterocycles. The first-order valence-electron chi connectivity index (χ1n) is 7.13. The zero-order valence-corrected chi connectivity index (χ0v) is 12.2. The van der Waals surface area contributed by atoms with Gasteiger partial charge in [-0.3, -0.25) is 0 Å². The lowest BCUT2D eigenvalue weighted by atomic mass is 10.1. The van der Waals surface area contributed by atoms with E-state index in [2.05, 4.69) is 0 Å². The van der Waals surface area contributed by atoms with Crippen LogP contribution in [0.5, 0.6) is 5.75 Å². The van der Waals surface area contributed by atoms with Gasteiger partial charge >= 0.3 is 5.97 Å². The largest absolute Gasteiger partial charge is 0.489 e. The number of carbonyl (C=O) groups is 1. The molecule has 0 saturated carbocycles. The van der Waals surface area contributed by atoms with Gasteiger partial charge < -0.3 is 13.9 Å². The van der Waals surface area contributed by atoms with Crippen LogP contribution in [-0.4, -0.2) is 12.6 Å². The third kappa shape index (κ3) is 2.96. The van der Waals surface area contributed by atoms with Crippen LogP contribution >= 0.6 is 0 Å². The lowest BCUT2D eigenvalue weighted by Crippen LogP contribution is -2.05. The van der Waals surface area contributed by atoms with Crippen molar-refractivity contribution in [3.05, 3.63) is 65.9 Å². The summed E-state index contributed by atoms with van der Waals surface area (Å²) in [6, 6.07) is 15.1. The van der Waals surface area contributed by atoms with Crippen molar-refractivity contribution in [3.8, 4) is 5.75 Å². The van der Waals surface area contributed by atoms with Crippen LogP contribution in [0.1, 0.15) is 22.8 Å². The number of hydrogen-bond acceptors (Lipinski definition) is 4. The van der Waals surface area contributed by atoms with Gasteiger partial charge in [0.2, 0.25) is 0 Å². The fourth-order valence-corrected chi connectivity index (χ4v) is 2.25. The zero-order valence-electron chi connectivity index (χ0n) is 12.2. The maximum absolute atomic E-state index is 12.1. The molecule has 0 unspecified atom stereocenters. The van der Waals surface area contributed by atoms with E-state index in [0.717, 1.165) is 10.9 Å². The van der Waals surface area contributed by atoms with Gasteiger partial charge in [-0.15, -0.1) is 0 Å². The van der Waals surface area contributed by atoms with Crippen molar-refractivity contribution in [2.75, 3.05) is 6.61 Å². The number of rotatable bonds is 5. The smallest absolute Gasteiger partial charge is 0.339 e. The summed E-state index contributed by atoms with van der Waals surface area (Å²) < 4.78 is 16.2. The van der Waals surface area contributed by atoms with E-state index in [1.807, 2.05) is 30.3 Å². The molecule has 0 saturated heterocycles. The molecule has 3 rings (SSSR count). The molecule has 0 N–H and O–H groups in total. The summed E-state index contributed by atoms with van der Waals surface area (Å²) in [4.78, 5) is 12.1. The predicted molar refractivity (Wildman–Crippen MR) is 82.9 cm³/mol. The molecule has 4 nitrogen and oxygen atoms in total. The van der Waals surface area contributed by atoms with Crippen LogP contribution in [0, 0.1) is 0 Å². The highest BCUT2D eigenvalue weighted by atomic mass is 16.5. The molecule has 0 radical (unpaired) electrons. The number of carbonyl (C=O) groups excluding carboxylic acids is 1. The first-order chi connectivity index (χ1) is 10.8. The number of furan rings is 1. The molecule has 1 heterocycles. The van der Waals surface area contributed by atoms with Crippen molar-refractivity contribution >= 4 is 16.9 Å². The van der Waals surface area contributed by atoms with E-state index in [0.29, 0.717) is 30.1 Å². The highest BCUT2D eigenvalue weighted by Crippen LogP contribution is 2.27. The van der Waals surface area contributed by atoms with E-state index < -0.39 is 0 Å². The fraction of sp³-hybridized carbons (Fsp3) is 0.167.